The third-order valence-corrected chi connectivity index (χ3v) is 2.32. The monoisotopic (exact) mass is 170 g/mol. The van der Waals surface area contributed by atoms with Crippen LogP contribution in [0.3, 0.4) is 0 Å². The van der Waals surface area contributed by atoms with Crippen LogP contribution >= 0.6 is 0 Å². The van der Waals surface area contributed by atoms with Gasteiger partial charge in [0, 0.05) is 13.1 Å². The predicted molar refractivity (Wildman–Crippen MR) is 48.6 cm³/mol. The largest absolute Gasteiger partial charge is 0.369 e. The lowest BCUT2D eigenvalue weighted by molar-refractivity contribution is -0.119. The van der Waals surface area contributed by atoms with E-state index in [-0.39, 0.29) is 5.91 Å². The normalized spacial score (nSPS) is 31.8. The molecule has 0 aromatic carbocycles. The van der Waals surface area contributed by atoms with Gasteiger partial charge in [-0.05, 0) is 18.3 Å². The average Bonchev–Trinajstić information content (AvgIpc) is 1.81. The molecule has 1 aliphatic heterocycles. The summed E-state index contributed by atoms with van der Waals surface area (Å²) >= 11 is 0. The van der Waals surface area contributed by atoms with Crippen LogP contribution in [0.1, 0.15) is 20.3 Å². The van der Waals surface area contributed by atoms with Gasteiger partial charge in [-0.2, -0.15) is 0 Å². The highest BCUT2D eigenvalue weighted by Crippen LogP contribution is 2.20. The fourth-order valence-corrected chi connectivity index (χ4v) is 2.14. The van der Waals surface area contributed by atoms with Crippen LogP contribution in [0.25, 0.3) is 0 Å². The Hall–Kier alpha value is -0.570. The Morgan fingerprint density at radius 1 is 1.42 bits per heavy atom. The molecule has 0 aliphatic carbocycles. The maximum Gasteiger partial charge on any atom is 0.231 e. The third kappa shape index (κ3) is 2.81. The Bertz CT molecular complexity index is 160. The molecule has 1 aliphatic rings. The molecule has 12 heavy (non-hydrogen) atoms. The van der Waals surface area contributed by atoms with E-state index in [9.17, 15) is 4.79 Å². The Morgan fingerprint density at radius 2 is 1.92 bits per heavy atom. The highest BCUT2D eigenvalue weighted by Gasteiger charge is 2.22. The molecule has 0 aromatic rings. The van der Waals surface area contributed by atoms with Gasteiger partial charge >= 0.3 is 0 Å². The first-order valence-corrected chi connectivity index (χ1v) is 4.58. The summed E-state index contributed by atoms with van der Waals surface area (Å²) in [6.07, 6.45) is 1.27. The summed E-state index contributed by atoms with van der Waals surface area (Å²) in [5.41, 5.74) is 5.13. The summed E-state index contributed by atoms with van der Waals surface area (Å²) in [7, 11) is 0. The van der Waals surface area contributed by atoms with Gasteiger partial charge in [0.1, 0.15) is 0 Å². The van der Waals surface area contributed by atoms with E-state index in [0.717, 1.165) is 13.1 Å². The number of carbonyl (C=O) groups is 1. The molecule has 0 radical (unpaired) electrons. The van der Waals surface area contributed by atoms with E-state index in [1.165, 1.54) is 6.42 Å². The molecule has 0 saturated carbocycles. The van der Waals surface area contributed by atoms with E-state index >= 15 is 0 Å². The zero-order valence-corrected chi connectivity index (χ0v) is 7.92. The number of amides is 1. The number of carbonyl (C=O) groups excluding carboxylic acids is 1. The average molecular weight is 170 g/mol. The van der Waals surface area contributed by atoms with Crippen molar-refractivity contribution in [2.45, 2.75) is 20.3 Å². The number of nitrogens with zero attached hydrogens (tertiary/aromatic N) is 1. The summed E-state index contributed by atoms with van der Waals surface area (Å²) in [5.74, 6) is 1.19. The van der Waals surface area contributed by atoms with Crippen molar-refractivity contribution in [3.8, 4) is 0 Å². The van der Waals surface area contributed by atoms with Crippen LogP contribution < -0.4 is 5.73 Å². The Kier molecular flexibility index (Phi) is 3.09. The molecule has 1 amide bonds. The van der Waals surface area contributed by atoms with Crippen LogP contribution in [-0.2, 0) is 4.79 Å². The number of nitrogens with two attached hydrogens (primary N) is 1. The molecule has 1 fully saturated rings. The van der Waals surface area contributed by atoms with E-state index in [1.54, 1.807) is 0 Å². The lowest BCUT2D eigenvalue weighted by Crippen LogP contribution is -2.43. The quantitative estimate of drug-likeness (QED) is 0.654. The molecule has 3 nitrogen and oxygen atoms in total. The van der Waals surface area contributed by atoms with Crippen molar-refractivity contribution in [2.24, 2.45) is 17.6 Å². The number of hydrogen-bond acceptors (Lipinski definition) is 2. The molecule has 2 unspecified atom stereocenters. The number of primary amides is 1. The van der Waals surface area contributed by atoms with E-state index in [2.05, 4.69) is 18.7 Å². The Labute approximate surface area is 73.9 Å². The molecule has 3 heteroatoms. The zero-order valence-electron chi connectivity index (χ0n) is 7.92. The summed E-state index contributed by atoms with van der Waals surface area (Å²) in [6, 6.07) is 0. The second-order valence-corrected chi connectivity index (χ2v) is 4.11. The number of likely N-dealkylation sites (tertiary alicyclic amines) is 1. The molecule has 1 rings (SSSR count). The summed E-state index contributed by atoms with van der Waals surface area (Å²) in [5, 5.41) is 0. The second kappa shape index (κ2) is 3.90. The van der Waals surface area contributed by atoms with Crippen molar-refractivity contribution in [2.75, 3.05) is 19.6 Å². The van der Waals surface area contributed by atoms with Crippen molar-refractivity contribution < 1.29 is 4.79 Å². The standard InChI is InChI=1S/C9H18N2O/c1-7-3-8(2)5-11(4-7)6-9(10)12/h7-8H,3-6H2,1-2H3,(H2,10,12). The van der Waals surface area contributed by atoms with Gasteiger partial charge in [-0.1, -0.05) is 13.8 Å². The van der Waals surface area contributed by atoms with E-state index < -0.39 is 0 Å². The molecule has 0 bridgehead atoms. The minimum Gasteiger partial charge on any atom is -0.369 e. The molecule has 2 N–H and O–H groups in total. The lowest BCUT2D eigenvalue weighted by Gasteiger charge is -2.33. The highest BCUT2D eigenvalue weighted by molar-refractivity contribution is 5.75. The lowest BCUT2D eigenvalue weighted by atomic mass is 9.92. The van der Waals surface area contributed by atoms with Crippen molar-refractivity contribution in [1.82, 2.24) is 4.90 Å². The van der Waals surface area contributed by atoms with Gasteiger partial charge < -0.3 is 5.73 Å². The van der Waals surface area contributed by atoms with E-state index in [4.69, 9.17) is 5.73 Å². The first-order chi connectivity index (χ1) is 5.58. The number of rotatable bonds is 2. The molecular weight excluding hydrogens is 152 g/mol. The first kappa shape index (κ1) is 9.52. The van der Waals surface area contributed by atoms with Crippen LogP contribution in [0.2, 0.25) is 0 Å². The molecule has 2 atom stereocenters. The number of piperidine rings is 1. The van der Waals surface area contributed by atoms with Gasteiger partial charge in [-0.3, -0.25) is 9.69 Å². The zero-order chi connectivity index (χ0) is 9.14. The SMILES string of the molecule is CC1CC(C)CN(CC(N)=O)C1. The first-order valence-electron chi connectivity index (χ1n) is 4.58. The van der Waals surface area contributed by atoms with Crippen molar-refractivity contribution in [3.63, 3.8) is 0 Å². The van der Waals surface area contributed by atoms with Gasteiger partial charge in [0.05, 0.1) is 6.54 Å². The van der Waals surface area contributed by atoms with Gasteiger partial charge in [0.15, 0.2) is 0 Å². The predicted octanol–water partition coefficient (Wildman–Crippen LogP) is 0.450. The van der Waals surface area contributed by atoms with Crippen LogP contribution in [0, 0.1) is 11.8 Å². The fraction of sp³-hybridized carbons (Fsp3) is 0.889. The van der Waals surface area contributed by atoms with Crippen LogP contribution in [0.5, 0.6) is 0 Å². The molecule has 0 aromatic heterocycles. The fourth-order valence-electron chi connectivity index (χ4n) is 2.14. The maximum atomic E-state index is 10.7. The van der Waals surface area contributed by atoms with E-state index in [1.807, 2.05) is 0 Å². The second-order valence-electron chi connectivity index (χ2n) is 4.11. The molecule has 0 spiro atoms. The smallest absolute Gasteiger partial charge is 0.231 e. The highest BCUT2D eigenvalue weighted by atomic mass is 16.1. The molecule has 1 heterocycles. The summed E-state index contributed by atoms with van der Waals surface area (Å²) < 4.78 is 0. The number of hydrogen-bond donors (Lipinski definition) is 1. The Balaban J connectivity index is 2.38. The summed E-state index contributed by atoms with van der Waals surface area (Å²) in [6.45, 7) is 6.92. The van der Waals surface area contributed by atoms with Gasteiger partial charge in [0.25, 0.3) is 0 Å². The summed E-state index contributed by atoms with van der Waals surface area (Å²) in [4.78, 5) is 12.8. The van der Waals surface area contributed by atoms with Crippen LogP contribution in [0.4, 0.5) is 0 Å². The van der Waals surface area contributed by atoms with Gasteiger partial charge in [-0.25, -0.2) is 0 Å². The van der Waals surface area contributed by atoms with Crippen LogP contribution in [0.15, 0.2) is 0 Å². The molecule has 70 valence electrons. The van der Waals surface area contributed by atoms with Gasteiger partial charge in [-0.15, -0.1) is 0 Å². The maximum absolute atomic E-state index is 10.7. The van der Waals surface area contributed by atoms with Crippen molar-refractivity contribution in [3.05, 3.63) is 0 Å². The topological polar surface area (TPSA) is 46.3 Å². The minimum atomic E-state index is -0.212. The van der Waals surface area contributed by atoms with Crippen LogP contribution in [-0.4, -0.2) is 30.4 Å². The Morgan fingerprint density at radius 3 is 2.33 bits per heavy atom. The van der Waals surface area contributed by atoms with Gasteiger partial charge in [0.2, 0.25) is 5.91 Å². The minimum absolute atomic E-state index is 0.212. The van der Waals surface area contributed by atoms with E-state index in [0.29, 0.717) is 18.4 Å². The molecular formula is C9H18N2O. The molecule has 1 saturated heterocycles. The van der Waals surface area contributed by atoms with Crippen molar-refractivity contribution >= 4 is 5.91 Å². The third-order valence-electron chi connectivity index (χ3n) is 2.32. The van der Waals surface area contributed by atoms with Crippen molar-refractivity contribution in [1.29, 1.82) is 0 Å².